The van der Waals surface area contributed by atoms with Gasteiger partial charge in [-0.25, -0.2) is 9.48 Å². The predicted octanol–water partition coefficient (Wildman–Crippen LogP) is 2.81. The first kappa shape index (κ1) is 18.4. The maximum Gasteiger partial charge on any atom is 0.367 e. The van der Waals surface area contributed by atoms with Gasteiger partial charge in [0.1, 0.15) is 11.3 Å². The van der Waals surface area contributed by atoms with Crippen LogP contribution < -0.4 is 4.74 Å². The molecule has 0 saturated heterocycles. The fourth-order valence-corrected chi connectivity index (χ4v) is 3.21. The molecule has 2 aromatic carbocycles. The molecule has 1 aliphatic heterocycles. The number of hydrogen-bond acceptors (Lipinski definition) is 6. The first-order valence-corrected chi connectivity index (χ1v) is 8.96. The van der Waals surface area contributed by atoms with E-state index in [2.05, 4.69) is 5.10 Å². The van der Waals surface area contributed by atoms with Gasteiger partial charge in [-0.15, -0.1) is 0 Å². The van der Waals surface area contributed by atoms with Gasteiger partial charge in [0.15, 0.2) is 0 Å². The summed E-state index contributed by atoms with van der Waals surface area (Å²) in [6.45, 7) is 1.87. The molecule has 146 valence electrons. The molecule has 8 nitrogen and oxygen atoms in total. The van der Waals surface area contributed by atoms with Crippen molar-refractivity contribution < 1.29 is 24.0 Å². The topological polar surface area (TPSA) is 90.7 Å². The molecule has 4 rings (SSSR count). The molecule has 2 heterocycles. The van der Waals surface area contributed by atoms with E-state index in [1.165, 1.54) is 18.3 Å². The molecule has 0 saturated carbocycles. The van der Waals surface area contributed by atoms with Crippen LogP contribution >= 0.6 is 0 Å². The Morgan fingerprint density at radius 2 is 1.62 bits per heavy atom. The minimum atomic E-state index is -0.823. The van der Waals surface area contributed by atoms with E-state index >= 15 is 0 Å². The van der Waals surface area contributed by atoms with E-state index in [4.69, 9.17) is 9.57 Å². The van der Waals surface area contributed by atoms with Gasteiger partial charge < -0.3 is 9.57 Å². The Morgan fingerprint density at radius 3 is 2.17 bits per heavy atom. The normalized spacial score (nSPS) is 12.8. The molecular formula is C21H17N3O5. The predicted molar refractivity (Wildman–Crippen MR) is 102 cm³/mol. The van der Waals surface area contributed by atoms with Crippen LogP contribution in [0.2, 0.25) is 0 Å². The Hall–Kier alpha value is -3.94. The number of nitrogens with zero attached hydrogens (tertiary/aromatic N) is 3. The number of aromatic nitrogens is 2. The molecule has 3 aromatic rings. The highest BCUT2D eigenvalue weighted by Gasteiger charge is 2.39. The molecule has 0 aliphatic carbocycles. The molecule has 2 amide bonds. The lowest BCUT2D eigenvalue weighted by atomic mass is 10.1. The van der Waals surface area contributed by atoms with Gasteiger partial charge in [0.25, 0.3) is 11.8 Å². The van der Waals surface area contributed by atoms with Gasteiger partial charge in [-0.05, 0) is 42.8 Å². The lowest BCUT2D eigenvalue weighted by molar-refractivity contribution is -0.0585. The third-order valence-corrected chi connectivity index (χ3v) is 4.67. The first-order valence-electron chi connectivity index (χ1n) is 8.96. The van der Waals surface area contributed by atoms with E-state index < -0.39 is 17.8 Å². The van der Waals surface area contributed by atoms with Crippen molar-refractivity contribution in [1.82, 2.24) is 14.8 Å². The molecular weight excluding hydrogens is 374 g/mol. The maximum atomic E-state index is 12.7. The number of carbonyl (C=O) groups excluding carboxylic acids is 3. The summed E-state index contributed by atoms with van der Waals surface area (Å²) in [5.74, 6) is -1.46. The fraction of sp³-hybridized carbons (Fsp3) is 0.143. The lowest BCUT2D eigenvalue weighted by Crippen LogP contribution is -2.32. The number of ether oxygens (including phenoxy) is 1. The number of rotatable bonds is 5. The Morgan fingerprint density at radius 1 is 1.00 bits per heavy atom. The fourth-order valence-electron chi connectivity index (χ4n) is 3.21. The van der Waals surface area contributed by atoms with Crippen molar-refractivity contribution in [1.29, 1.82) is 0 Å². The molecule has 0 unspecified atom stereocenters. The van der Waals surface area contributed by atoms with Crippen molar-refractivity contribution in [3.05, 3.63) is 77.1 Å². The third kappa shape index (κ3) is 3.04. The molecule has 0 bridgehead atoms. The zero-order valence-electron chi connectivity index (χ0n) is 15.8. The van der Waals surface area contributed by atoms with Crippen LogP contribution in [-0.2, 0) is 11.3 Å². The minimum Gasteiger partial charge on any atom is -0.497 e. The number of hydroxylamine groups is 2. The number of benzene rings is 2. The SMILES string of the molecule is CCc1c(C(=O)ON2C(=O)c3ccccc3C2=O)cnn1-c1ccc(OC)cc1. The number of amides is 2. The van der Waals surface area contributed by atoms with Crippen LogP contribution in [0.4, 0.5) is 0 Å². The van der Waals surface area contributed by atoms with Crippen LogP contribution in [0.25, 0.3) is 5.69 Å². The van der Waals surface area contributed by atoms with Gasteiger partial charge in [-0.2, -0.15) is 5.10 Å². The monoisotopic (exact) mass is 391 g/mol. The maximum absolute atomic E-state index is 12.7. The van der Waals surface area contributed by atoms with E-state index in [-0.39, 0.29) is 16.7 Å². The zero-order chi connectivity index (χ0) is 20.5. The Labute approximate surface area is 166 Å². The van der Waals surface area contributed by atoms with Crippen molar-refractivity contribution in [3.63, 3.8) is 0 Å². The van der Waals surface area contributed by atoms with Crippen molar-refractivity contribution in [3.8, 4) is 11.4 Å². The smallest absolute Gasteiger partial charge is 0.367 e. The van der Waals surface area contributed by atoms with Gasteiger partial charge in [-0.1, -0.05) is 24.1 Å². The minimum absolute atomic E-state index is 0.180. The Kier molecular flexibility index (Phi) is 4.59. The second kappa shape index (κ2) is 7.23. The second-order valence-electron chi connectivity index (χ2n) is 6.30. The van der Waals surface area contributed by atoms with Gasteiger partial charge in [0.2, 0.25) is 0 Å². The lowest BCUT2D eigenvalue weighted by Gasteiger charge is -2.13. The summed E-state index contributed by atoms with van der Waals surface area (Å²) < 4.78 is 6.76. The molecule has 0 N–H and O–H groups in total. The second-order valence-corrected chi connectivity index (χ2v) is 6.30. The van der Waals surface area contributed by atoms with E-state index in [1.807, 2.05) is 19.1 Å². The van der Waals surface area contributed by atoms with Crippen LogP contribution in [0, 0.1) is 0 Å². The average Bonchev–Trinajstić information content (AvgIpc) is 3.29. The van der Waals surface area contributed by atoms with Crippen LogP contribution in [0.15, 0.2) is 54.7 Å². The van der Waals surface area contributed by atoms with Gasteiger partial charge >= 0.3 is 5.97 Å². The number of hydrogen-bond donors (Lipinski definition) is 0. The molecule has 0 atom stereocenters. The molecule has 8 heteroatoms. The van der Waals surface area contributed by atoms with Crippen LogP contribution in [0.3, 0.4) is 0 Å². The average molecular weight is 391 g/mol. The highest BCUT2D eigenvalue weighted by Crippen LogP contribution is 2.25. The summed E-state index contributed by atoms with van der Waals surface area (Å²) in [6, 6.07) is 13.5. The van der Waals surface area contributed by atoms with E-state index in [0.29, 0.717) is 22.9 Å². The van der Waals surface area contributed by atoms with Crippen LogP contribution in [0.5, 0.6) is 5.75 Å². The summed E-state index contributed by atoms with van der Waals surface area (Å²) in [7, 11) is 1.58. The van der Waals surface area contributed by atoms with E-state index in [9.17, 15) is 14.4 Å². The number of carbonyl (C=O) groups is 3. The molecule has 1 aliphatic rings. The van der Waals surface area contributed by atoms with Crippen molar-refractivity contribution in [2.24, 2.45) is 0 Å². The summed E-state index contributed by atoms with van der Waals surface area (Å²) in [6.07, 6.45) is 1.85. The summed E-state index contributed by atoms with van der Waals surface area (Å²) in [5, 5.41) is 4.77. The van der Waals surface area contributed by atoms with Crippen molar-refractivity contribution in [2.45, 2.75) is 13.3 Å². The first-order chi connectivity index (χ1) is 14.0. The highest BCUT2D eigenvalue weighted by atomic mass is 16.7. The summed E-state index contributed by atoms with van der Waals surface area (Å²) in [4.78, 5) is 42.7. The number of fused-ring (bicyclic) bond motifs is 1. The Balaban J connectivity index is 1.61. The molecule has 0 spiro atoms. The number of methoxy groups -OCH3 is 1. The molecule has 29 heavy (non-hydrogen) atoms. The van der Waals surface area contributed by atoms with Crippen molar-refractivity contribution in [2.75, 3.05) is 7.11 Å². The quantitative estimate of drug-likeness (QED) is 0.621. The summed E-state index contributed by atoms with van der Waals surface area (Å²) >= 11 is 0. The van der Waals surface area contributed by atoms with Crippen LogP contribution in [0.1, 0.15) is 43.7 Å². The molecule has 1 aromatic heterocycles. The van der Waals surface area contributed by atoms with Gasteiger partial charge in [0, 0.05) is 0 Å². The molecule has 0 radical (unpaired) electrons. The standard InChI is InChI=1S/C21H17N3O5/c1-3-18-17(12-22-23(18)13-8-10-14(28-2)11-9-13)21(27)29-24-19(25)15-6-4-5-7-16(15)20(24)26/h4-12H,3H2,1-2H3. The molecule has 0 fully saturated rings. The van der Waals surface area contributed by atoms with Gasteiger partial charge in [0.05, 0.1) is 35.8 Å². The largest absolute Gasteiger partial charge is 0.497 e. The zero-order valence-corrected chi connectivity index (χ0v) is 15.8. The van der Waals surface area contributed by atoms with Crippen molar-refractivity contribution >= 4 is 17.8 Å². The summed E-state index contributed by atoms with van der Waals surface area (Å²) in [5.41, 5.74) is 1.92. The van der Waals surface area contributed by atoms with Gasteiger partial charge in [-0.3, -0.25) is 9.59 Å². The number of imide groups is 1. The highest BCUT2D eigenvalue weighted by molar-refractivity contribution is 6.21. The third-order valence-electron chi connectivity index (χ3n) is 4.67. The van der Waals surface area contributed by atoms with E-state index in [1.54, 1.807) is 36.1 Å². The van der Waals surface area contributed by atoms with Crippen LogP contribution in [-0.4, -0.2) is 39.7 Å². The Bertz CT molecular complexity index is 1080. The van der Waals surface area contributed by atoms with E-state index in [0.717, 1.165) is 5.69 Å².